The number of thiazole rings is 1. The van der Waals surface area contributed by atoms with Gasteiger partial charge in [0.1, 0.15) is 0 Å². The number of thioether (sulfide) groups is 1. The number of rotatable bonds is 4. The van der Waals surface area contributed by atoms with Crippen molar-refractivity contribution < 1.29 is 0 Å². The van der Waals surface area contributed by atoms with Crippen LogP contribution < -0.4 is 5.32 Å². The summed E-state index contributed by atoms with van der Waals surface area (Å²) in [7, 11) is 0. The van der Waals surface area contributed by atoms with E-state index in [2.05, 4.69) is 64.5 Å². The first kappa shape index (κ1) is 13.2. The molecule has 2 aromatic rings. The molecule has 2 nitrogen and oxygen atoms in total. The number of hydrogen-bond acceptors (Lipinski definition) is 4. The largest absolute Gasteiger partial charge is 0.360 e. The molecule has 17 heavy (non-hydrogen) atoms. The Bertz CT molecular complexity index is 522. The topological polar surface area (TPSA) is 24.9 Å². The number of benzene rings is 1. The van der Waals surface area contributed by atoms with E-state index >= 15 is 0 Å². The molecule has 1 aromatic carbocycles. The third-order valence-electron chi connectivity index (χ3n) is 2.57. The third-order valence-corrected chi connectivity index (χ3v) is 5.30. The third kappa shape index (κ3) is 3.36. The highest BCUT2D eigenvalue weighted by Gasteiger charge is 2.16. The summed E-state index contributed by atoms with van der Waals surface area (Å²) >= 11 is 7.03. The second-order valence-corrected chi connectivity index (χ2v) is 7.91. The number of anilines is 1. The van der Waals surface area contributed by atoms with Crippen molar-refractivity contribution in [2.24, 2.45) is 0 Å². The maximum atomic E-state index is 4.58. The average molecular weight is 331 g/mol. The van der Waals surface area contributed by atoms with E-state index in [-0.39, 0.29) is 4.75 Å². The predicted octanol–water partition coefficient (Wildman–Crippen LogP) is 4.61. The van der Waals surface area contributed by atoms with Gasteiger partial charge < -0.3 is 5.32 Å². The van der Waals surface area contributed by atoms with Gasteiger partial charge in [0.15, 0.2) is 5.13 Å². The van der Waals surface area contributed by atoms with Crippen LogP contribution in [0.2, 0.25) is 0 Å². The minimum absolute atomic E-state index is 0.235. The lowest BCUT2D eigenvalue weighted by atomic mass is 10.2. The molecule has 92 valence electrons. The second-order valence-electron chi connectivity index (χ2n) is 4.45. The van der Waals surface area contributed by atoms with Gasteiger partial charge in [0.05, 0.1) is 10.2 Å². The molecule has 1 heterocycles. The fourth-order valence-electron chi connectivity index (χ4n) is 1.34. The molecule has 0 aliphatic carbocycles. The lowest BCUT2D eigenvalue weighted by molar-refractivity contribution is 0.752. The van der Waals surface area contributed by atoms with Crippen LogP contribution in [-0.2, 0) is 0 Å². The number of nitrogens with zero attached hydrogens (tertiary/aromatic N) is 1. The Morgan fingerprint density at radius 3 is 2.94 bits per heavy atom. The molecule has 0 spiro atoms. The summed E-state index contributed by atoms with van der Waals surface area (Å²) in [6.07, 6.45) is 2.14. The molecule has 0 aliphatic heterocycles. The molecule has 0 atom stereocenters. The highest BCUT2D eigenvalue weighted by molar-refractivity contribution is 9.10. The van der Waals surface area contributed by atoms with E-state index in [1.807, 2.05) is 11.8 Å². The second kappa shape index (κ2) is 5.16. The van der Waals surface area contributed by atoms with Crippen LogP contribution >= 0.6 is 39.0 Å². The van der Waals surface area contributed by atoms with E-state index < -0.39 is 0 Å². The van der Waals surface area contributed by atoms with Crippen LogP contribution in [0, 0.1) is 0 Å². The highest BCUT2D eigenvalue weighted by Crippen LogP contribution is 2.29. The van der Waals surface area contributed by atoms with E-state index in [4.69, 9.17) is 0 Å². The van der Waals surface area contributed by atoms with Gasteiger partial charge in [-0.15, -0.1) is 0 Å². The SMILES string of the molecule is CSC(C)(C)CNc1nc2cc(Br)ccc2s1. The summed E-state index contributed by atoms with van der Waals surface area (Å²) in [5.74, 6) is 0. The van der Waals surface area contributed by atoms with Crippen LogP contribution in [0.5, 0.6) is 0 Å². The van der Waals surface area contributed by atoms with Crippen LogP contribution in [0.15, 0.2) is 22.7 Å². The summed E-state index contributed by atoms with van der Waals surface area (Å²) in [5, 5.41) is 4.42. The Hall–Kier alpha value is -0.260. The van der Waals surface area contributed by atoms with Crippen molar-refractivity contribution in [2.45, 2.75) is 18.6 Å². The minimum Gasteiger partial charge on any atom is -0.360 e. The first-order valence-corrected chi connectivity index (χ1v) is 8.19. The van der Waals surface area contributed by atoms with Crippen molar-refractivity contribution in [3.63, 3.8) is 0 Å². The molecule has 1 N–H and O–H groups in total. The van der Waals surface area contributed by atoms with Crippen molar-refractivity contribution in [3.8, 4) is 0 Å². The van der Waals surface area contributed by atoms with Gasteiger partial charge in [-0.1, -0.05) is 27.3 Å². The van der Waals surface area contributed by atoms with E-state index in [1.54, 1.807) is 11.3 Å². The standard InChI is InChI=1S/C12H15BrN2S2/c1-12(2,16-3)7-14-11-15-9-6-8(13)4-5-10(9)17-11/h4-6H,7H2,1-3H3,(H,14,15). The number of hydrogen-bond donors (Lipinski definition) is 1. The number of nitrogens with one attached hydrogen (secondary N) is 1. The summed E-state index contributed by atoms with van der Waals surface area (Å²) in [6, 6.07) is 6.20. The Kier molecular flexibility index (Phi) is 4.00. The maximum Gasteiger partial charge on any atom is 0.183 e. The number of aromatic nitrogens is 1. The molecule has 0 bridgehead atoms. The molecule has 2 rings (SSSR count). The lowest BCUT2D eigenvalue weighted by Gasteiger charge is -2.21. The van der Waals surface area contributed by atoms with Gasteiger partial charge in [-0.2, -0.15) is 11.8 Å². The molecule has 0 saturated carbocycles. The van der Waals surface area contributed by atoms with E-state index in [1.165, 1.54) is 4.70 Å². The van der Waals surface area contributed by atoms with Gasteiger partial charge in [0.25, 0.3) is 0 Å². The number of fused-ring (bicyclic) bond motifs is 1. The van der Waals surface area contributed by atoms with Gasteiger partial charge in [-0.3, -0.25) is 0 Å². The molecular formula is C12H15BrN2S2. The maximum absolute atomic E-state index is 4.58. The van der Waals surface area contributed by atoms with Crippen LogP contribution in [-0.4, -0.2) is 22.5 Å². The van der Waals surface area contributed by atoms with Crippen molar-refractivity contribution in [1.29, 1.82) is 0 Å². The van der Waals surface area contributed by atoms with Crippen LogP contribution in [0.25, 0.3) is 10.2 Å². The first-order valence-electron chi connectivity index (χ1n) is 5.35. The highest BCUT2D eigenvalue weighted by atomic mass is 79.9. The van der Waals surface area contributed by atoms with Gasteiger partial charge in [-0.25, -0.2) is 4.98 Å². The Morgan fingerprint density at radius 2 is 2.24 bits per heavy atom. The molecule has 0 saturated heterocycles. The van der Waals surface area contributed by atoms with Crippen LogP contribution in [0.4, 0.5) is 5.13 Å². The zero-order valence-corrected chi connectivity index (χ0v) is 13.3. The smallest absolute Gasteiger partial charge is 0.183 e. The zero-order chi connectivity index (χ0) is 12.5. The summed E-state index contributed by atoms with van der Waals surface area (Å²) in [4.78, 5) is 4.58. The predicted molar refractivity (Wildman–Crippen MR) is 83.4 cm³/mol. The molecule has 0 amide bonds. The first-order chi connectivity index (χ1) is 8.00. The van der Waals surface area contributed by atoms with Crippen molar-refractivity contribution in [3.05, 3.63) is 22.7 Å². The van der Waals surface area contributed by atoms with Gasteiger partial charge in [0.2, 0.25) is 0 Å². The normalized spacial score (nSPS) is 12.0. The molecule has 0 radical (unpaired) electrons. The van der Waals surface area contributed by atoms with E-state index in [9.17, 15) is 0 Å². The summed E-state index contributed by atoms with van der Waals surface area (Å²) in [6.45, 7) is 5.39. The quantitative estimate of drug-likeness (QED) is 0.885. The molecule has 0 unspecified atom stereocenters. The summed E-state index contributed by atoms with van der Waals surface area (Å²) in [5.41, 5.74) is 1.05. The molecule has 1 aromatic heterocycles. The minimum atomic E-state index is 0.235. The van der Waals surface area contributed by atoms with Gasteiger partial charge in [0, 0.05) is 15.8 Å². The molecule has 0 fully saturated rings. The Morgan fingerprint density at radius 1 is 1.47 bits per heavy atom. The van der Waals surface area contributed by atoms with Gasteiger partial charge in [-0.05, 0) is 38.3 Å². The zero-order valence-electron chi connectivity index (χ0n) is 10.1. The Labute approximate surface area is 118 Å². The van der Waals surface area contributed by atoms with Crippen LogP contribution in [0.3, 0.4) is 0 Å². The molecule has 5 heteroatoms. The monoisotopic (exact) mass is 330 g/mol. The van der Waals surface area contributed by atoms with Crippen molar-refractivity contribution in [2.75, 3.05) is 18.1 Å². The van der Waals surface area contributed by atoms with Gasteiger partial charge >= 0.3 is 0 Å². The van der Waals surface area contributed by atoms with Crippen molar-refractivity contribution in [1.82, 2.24) is 4.98 Å². The van der Waals surface area contributed by atoms with E-state index in [0.29, 0.717) is 0 Å². The van der Waals surface area contributed by atoms with E-state index in [0.717, 1.165) is 21.7 Å². The fraction of sp³-hybridized carbons (Fsp3) is 0.417. The van der Waals surface area contributed by atoms with Crippen molar-refractivity contribution >= 4 is 54.4 Å². The molecule has 0 aliphatic rings. The van der Waals surface area contributed by atoms with Crippen LogP contribution in [0.1, 0.15) is 13.8 Å². The summed E-state index contributed by atoms with van der Waals surface area (Å²) < 4.78 is 2.53. The lowest BCUT2D eigenvalue weighted by Crippen LogP contribution is -2.25. The molecular weight excluding hydrogens is 316 g/mol. The number of halogens is 1. The fourth-order valence-corrected chi connectivity index (χ4v) is 2.74. The Balaban J connectivity index is 2.15. The average Bonchev–Trinajstić information content (AvgIpc) is 2.68.